The number of sulfone groups is 1. The Hall–Kier alpha value is -1.81. The summed E-state index contributed by atoms with van der Waals surface area (Å²) in [4.78, 5) is 29.3. The number of rotatable bonds is 8. The molecule has 1 amide bonds. The minimum atomic E-state index is -3.57. The molecule has 0 spiro atoms. The van der Waals surface area contributed by atoms with E-state index in [2.05, 4.69) is 23.5 Å². The van der Waals surface area contributed by atoms with Crippen LogP contribution in [-0.2, 0) is 14.6 Å². The van der Waals surface area contributed by atoms with Gasteiger partial charge >= 0.3 is 0 Å². The second-order valence-corrected chi connectivity index (χ2v) is 12.4. The van der Waals surface area contributed by atoms with Crippen molar-refractivity contribution in [2.45, 2.75) is 25.0 Å². The van der Waals surface area contributed by atoms with Gasteiger partial charge in [0.25, 0.3) is 5.91 Å². The normalized spacial score (nSPS) is 13.8. The lowest BCUT2D eigenvalue weighted by atomic mass is 10.0. The zero-order valence-corrected chi connectivity index (χ0v) is 19.5. The van der Waals surface area contributed by atoms with Crippen LogP contribution in [0.3, 0.4) is 0 Å². The largest absolute Gasteiger partial charge is 0.351 e. The van der Waals surface area contributed by atoms with E-state index in [1.807, 2.05) is 17.5 Å². The Kier molecular flexibility index (Phi) is 6.42. The molecule has 0 saturated heterocycles. The van der Waals surface area contributed by atoms with Crippen LogP contribution in [0.15, 0.2) is 41.8 Å². The van der Waals surface area contributed by atoms with Crippen molar-refractivity contribution in [3.63, 3.8) is 0 Å². The third kappa shape index (κ3) is 4.69. The molecule has 0 radical (unpaired) electrons. The van der Waals surface area contributed by atoms with Gasteiger partial charge in [0.15, 0.2) is 15.6 Å². The van der Waals surface area contributed by atoms with Gasteiger partial charge in [-0.15, -0.1) is 34.0 Å². The van der Waals surface area contributed by atoms with Gasteiger partial charge in [0, 0.05) is 32.3 Å². The fraction of sp³-hybridized carbons (Fsp3) is 0.300. The molecule has 5 nitrogen and oxygen atoms in total. The summed E-state index contributed by atoms with van der Waals surface area (Å²) in [5.41, 5.74) is 0. The maximum absolute atomic E-state index is 12.5. The van der Waals surface area contributed by atoms with Crippen LogP contribution in [0.5, 0.6) is 0 Å². The molecule has 0 fully saturated rings. The lowest BCUT2D eigenvalue weighted by Gasteiger charge is -2.24. The van der Waals surface area contributed by atoms with Gasteiger partial charge in [-0.25, -0.2) is 8.42 Å². The van der Waals surface area contributed by atoms with Crippen LogP contribution < -0.4 is 5.32 Å². The van der Waals surface area contributed by atoms with Crippen molar-refractivity contribution in [2.75, 3.05) is 12.8 Å². The SMILES string of the molecule is CC(=O)C(C)(CCNC(=O)c1ccc(-c2ccc(-c3cccs3)s2)s1)S(C)(=O)=O. The van der Waals surface area contributed by atoms with Crippen molar-refractivity contribution >= 4 is 55.5 Å². The van der Waals surface area contributed by atoms with Gasteiger partial charge in [0.2, 0.25) is 0 Å². The van der Waals surface area contributed by atoms with Gasteiger partial charge in [-0.1, -0.05) is 6.07 Å². The summed E-state index contributed by atoms with van der Waals surface area (Å²) in [6.45, 7) is 2.78. The van der Waals surface area contributed by atoms with Gasteiger partial charge in [0.1, 0.15) is 4.75 Å². The van der Waals surface area contributed by atoms with E-state index in [4.69, 9.17) is 0 Å². The smallest absolute Gasteiger partial charge is 0.261 e. The minimum Gasteiger partial charge on any atom is -0.351 e. The Morgan fingerprint density at radius 1 is 1.00 bits per heavy atom. The van der Waals surface area contributed by atoms with E-state index in [0.29, 0.717) is 4.88 Å². The van der Waals surface area contributed by atoms with Crippen LogP contribution in [0.25, 0.3) is 19.5 Å². The van der Waals surface area contributed by atoms with Crippen LogP contribution >= 0.6 is 34.0 Å². The number of carbonyl (C=O) groups is 2. The Morgan fingerprint density at radius 2 is 1.62 bits per heavy atom. The van der Waals surface area contributed by atoms with E-state index in [-0.39, 0.29) is 18.9 Å². The van der Waals surface area contributed by atoms with Gasteiger partial charge in [-0.2, -0.15) is 0 Å². The topological polar surface area (TPSA) is 80.3 Å². The number of nitrogens with one attached hydrogen (secondary N) is 1. The van der Waals surface area contributed by atoms with Gasteiger partial charge < -0.3 is 5.32 Å². The number of hydrogen-bond acceptors (Lipinski definition) is 7. The molecule has 29 heavy (non-hydrogen) atoms. The van der Waals surface area contributed by atoms with Crippen molar-refractivity contribution in [1.82, 2.24) is 5.32 Å². The summed E-state index contributed by atoms with van der Waals surface area (Å²) < 4.78 is 22.4. The van der Waals surface area contributed by atoms with Crippen LogP contribution in [0.4, 0.5) is 0 Å². The highest BCUT2D eigenvalue weighted by atomic mass is 32.2. The van der Waals surface area contributed by atoms with E-state index in [9.17, 15) is 18.0 Å². The maximum Gasteiger partial charge on any atom is 0.261 e. The van der Waals surface area contributed by atoms with Crippen LogP contribution in [0, 0.1) is 0 Å². The fourth-order valence-corrected chi connectivity index (χ4v) is 6.59. The monoisotopic (exact) mass is 467 g/mol. The third-order valence-corrected chi connectivity index (χ3v) is 10.5. The number of Topliss-reactive ketones (excluding diaryl/α,β-unsaturated/α-hetero) is 1. The summed E-state index contributed by atoms with van der Waals surface area (Å²) in [5.74, 6) is -0.692. The van der Waals surface area contributed by atoms with Crippen molar-refractivity contribution in [1.29, 1.82) is 0 Å². The highest BCUT2D eigenvalue weighted by Crippen LogP contribution is 2.39. The molecule has 0 bridgehead atoms. The van der Waals surface area contributed by atoms with Crippen LogP contribution in [0.2, 0.25) is 0 Å². The second-order valence-electron chi connectivity index (χ2n) is 6.87. The van der Waals surface area contributed by atoms with E-state index in [0.717, 1.165) is 16.0 Å². The molecule has 3 aromatic rings. The number of thiophene rings is 3. The molecule has 0 aliphatic rings. The van der Waals surface area contributed by atoms with Gasteiger partial charge in [-0.05, 0) is 56.0 Å². The molecule has 1 atom stereocenters. The molecule has 3 rings (SSSR count). The molecular weight excluding hydrogens is 446 g/mol. The van der Waals surface area contributed by atoms with Crippen molar-refractivity contribution in [3.8, 4) is 19.5 Å². The average molecular weight is 468 g/mol. The first kappa shape index (κ1) is 21.9. The zero-order chi connectivity index (χ0) is 21.2. The Balaban J connectivity index is 1.65. The molecule has 9 heteroatoms. The lowest BCUT2D eigenvalue weighted by Crippen LogP contribution is -2.44. The standard InChI is InChI=1S/C20H21NO4S4/c1-13(22)20(2,29(3,24)25)10-11-21-19(23)18-9-8-17(28-18)16-7-6-15(27-16)14-5-4-12-26-14/h4-9,12H,10-11H2,1-3H3,(H,21,23). The molecule has 1 unspecified atom stereocenters. The van der Waals surface area contributed by atoms with Crippen molar-refractivity contribution in [2.24, 2.45) is 0 Å². The molecule has 1 N–H and O–H groups in total. The number of ketones is 1. The number of amides is 1. The highest BCUT2D eigenvalue weighted by molar-refractivity contribution is 7.92. The predicted octanol–water partition coefficient (Wildman–Crippen LogP) is 4.72. The summed E-state index contributed by atoms with van der Waals surface area (Å²) in [6.07, 6.45) is 1.09. The molecule has 154 valence electrons. The Labute approximate surface area is 182 Å². The maximum atomic E-state index is 12.5. The van der Waals surface area contributed by atoms with E-state index in [1.54, 1.807) is 28.7 Å². The molecule has 3 aromatic heterocycles. The second kappa shape index (κ2) is 8.51. The predicted molar refractivity (Wildman–Crippen MR) is 122 cm³/mol. The highest BCUT2D eigenvalue weighted by Gasteiger charge is 2.40. The summed E-state index contributed by atoms with van der Waals surface area (Å²) in [7, 11) is -3.57. The first-order valence-electron chi connectivity index (χ1n) is 8.84. The third-order valence-electron chi connectivity index (χ3n) is 4.89. The average Bonchev–Trinajstić information content (AvgIpc) is 3.39. The van der Waals surface area contributed by atoms with Gasteiger partial charge in [-0.3, -0.25) is 9.59 Å². The van der Waals surface area contributed by atoms with E-state index in [1.165, 1.54) is 34.9 Å². The van der Waals surface area contributed by atoms with Crippen LogP contribution in [-0.4, -0.2) is 37.7 Å². The Morgan fingerprint density at radius 3 is 2.21 bits per heavy atom. The molecule has 0 aliphatic carbocycles. The van der Waals surface area contributed by atoms with E-state index < -0.39 is 20.4 Å². The first-order chi connectivity index (χ1) is 13.6. The summed E-state index contributed by atoms with van der Waals surface area (Å²) in [6, 6.07) is 11.9. The summed E-state index contributed by atoms with van der Waals surface area (Å²) in [5, 5.41) is 4.78. The quantitative estimate of drug-likeness (QED) is 0.520. The van der Waals surface area contributed by atoms with Gasteiger partial charge in [0.05, 0.1) is 4.88 Å². The minimum absolute atomic E-state index is 0.0419. The fourth-order valence-electron chi connectivity index (χ4n) is 2.74. The Bertz CT molecular complexity index is 1130. The number of hydrogen-bond donors (Lipinski definition) is 1. The van der Waals surface area contributed by atoms with Crippen LogP contribution in [0.1, 0.15) is 29.9 Å². The lowest BCUT2D eigenvalue weighted by molar-refractivity contribution is -0.119. The molecule has 0 saturated carbocycles. The first-order valence-corrected chi connectivity index (χ1v) is 13.2. The van der Waals surface area contributed by atoms with E-state index >= 15 is 0 Å². The van der Waals surface area contributed by atoms with Crippen molar-refractivity contribution in [3.05, 3.63) is 46.7 Å². The molecule has 3 heterocycles. The molecule has 0 aromatic carbocycles. The number of carbonyl (C=O) groups excluding carboxylic acids is 2. The zero-order valence-electron chi connectivity index (χ0n) is 16.2. The summed E-state index contributed by atoms with van der Waals surface area (Å²) >= 11 is 4.76. The van der Waals surface area contributed by atoms with Crippen molar-refractivity contribution < 1.29 is 18.0 Å². The molecular formula is C20H21NO4S4. The molecule has 0 aliphatic heterocycles.